The Morgan fingerprint density at radius 2 is 2.31 bits per heavy atom. The van der Waals surface area contributed by atoms with Crippen molar-refractivity contribution in [3.05, 3.63) is 0 Å². The van der Waals surface area contributed by atoms with Crippen LogP contribution in [0.4, 0.5) is 8.78 Å². The number of nitrogens with two attached hydrogens (primary N) is 1. The van der Waals surface area contributed by atoms with Crippen LogP contribution < -0.4 is 5.73 Å². The molecule has 0 aromatic rings. The largest absolute Gasteiger partial charge is 0.456 e. The fourth-order valence-corrected chi connectivity index (χ4v) is 2.30. The highest BCUT2D eigenvalue weighted by Crippen LogP contribution is 2.31. The van der Waals surface area contributed by atoms with Gasteiger partial charge in [0.05, 0.1) is 6.42 Å². The van der Waals surface area contributed by atoms with E-state index in [0.29, 0.717) is 13.1 Å². The molecule has 0 bridgehead atoms. The summed E-state index contributed by atoms with van der Waals surface area (Å²) in [6.45, 7) is 1.90. The van der Waals surface area contributed by atoms with Crippen molar-refractivity contribution in [2.45, 2.75) is 37.3 Å². The van der Waals surface area contributed by atoms with Crippen molar-refractivity contribution in [1.82, 2.24) is 4.90 Å². The SMILES string of the molecule is N[C@@H]1CCCN(CC2CC(F)(F)C(=O)O2)C1. The molecule has 2 N–H and O–H groups in total. The lowest BCUT2D eigenvalue weighted by atomic mass is 10.1. The third kappa shape index (κ3) is 2.49. The predicted molar refractivity (Wildman–Crippen MR) is 53.1 cm³/mol. The molecule has 2 heterocycles. The molecular weight excluding hydrogens is 218 g/mol. The number of esters is 1. The lowest BCUT2D eigenvalue weighted by molar-refractivity contribution is -0.159. The van der Waals surface area contributed by atoms with Crippen LogP contribution in [-0.2, 0) is 9.53 Å². The zero-order valence-electron chi connectivity index (χ0n) is 8.99. The number of rotatable bonds is 2. The van der Waals surface area contributed by atoms with Gasteiger partial charge in [-0.15, -0.1) is 0 Å². The molecule has 0 spiro atoms. The lowest BCUT2D eigenvalue weighted by Crippen LogP contribution is -2.45. The zero-order valence-corrected chi connectivity index (χ0v) is 8.99. The molecule has 4 nitrogen and oxygen atoms in total. The average molecular weight is 234 g/mol. The van der Waals surface area contributed by atoms with Crippen molar-refractivity contribution in [2.75, 3.05) is 19.6 Å². The van der Waals surface area contributed by atoms with Gasteiger partial charge in [-0.05, 0) is 19.4 Å². The molecule has 2 saturated heterocycles. The number of halogens is 2. The molecule has 2 atom stereocenters. The highest BCUT2D eigenvalue weighted by Gasteiger charge is 2.51. The number of ether oxygens (including phenoxy) is 1. The molecule has 2 fully saturated rings. The molecular formula is C10H16F2N2O2. The van der Waals surface area contributed by atoms with Gasteiger partial charge in [-0.25, -0.2) is 4.79 Å². The lowest BCUT2D eigenvalue weighted by Gasteiger charge is -2.31. The van der Waals surface area contributed by atoms with Gasteiger partial charge in [0.2, 0.25) is 0 Å². The van der Waals surface area contributed by atoms with Gasteiger partial charge in [0.1, 0.15) is 6.10 Å². The summed E-state index contributed by atoms with van der Waals surface area (Å²) in [6, 6.07) is 0.103. The number of piperidine rings is 1. The topological polar surface area (TPSA) is 55.6 Å². The van der Waals surface area contributed by atoms with E-state index in [9.17, 15) is 13.6 Å². The van der Waals surface area contributed by atoms with E-state index in [0.717, 1.165) is 19.4 Å². The minimum atomic E-state index is -3.30. The number of carbonyl (C=O) groups excluding carboxylic acids is 1. The molecule has 1 unspecified atom stereocenters. The Kier molecular flexibility index (Phi) is 3.12. The summed E-state index contributed by atoms with van der Waals surface area (Å²) in [7, 11) is 0. The highest BCUT2D eigenvalue weighted by molar-refractivity contribution is 5.79. The first kappa shape index (κ1) is 11.7. The van der Waals surface area contributed by atoms with E-state index >= 15 is 0 Å². The molecule has 92 valence electrons. The van der Waals surface area contributed by atoms with Crippen LogP contribution >= 0.6 is 0 Å². The molecule has 16 heavy (non-hydrogen) atoms. The summed E-state index contributed by atoms with van der Waals surface area (Å²) in [5.41, 5.74) is 5.78. The summed E-state index contributed by atoms with van der Waals surface area (Å²) in [6.07, 6.45) is 0.750. The first-order chi connectivity index (χ1) is 7.47. The van der Waals surface area contributed by atoms with Gasteiger partial charge < -0.3 is 10.5 Å². The van der Waals surface area contributed by atoms with Crippen LogP contribution in [0.1, 0.15) is 19.3 Å². The Bertz CT molecular complexity index is 286. The van der Waals surface area contributed by atoms with E-state index in [1.54, 1.807) is 0 Å². The van der Waals surface area contributed by atoms with Crippen molar-refractivity contribution in [3.8, 4) is 0 Å². The van der Waals surface area contributed by atoms with Gasteiger partial charge >= 0.3 is 11.9 Å². The summed E-state index contributed by atoms with van der Waals surface area (Å²) in [5.74, 6) is -4.69. The van der Waals surface area contributed by atoms with Crippen molar-refractivity contribution in [1.29, 1.82) is 0 Å². The van der Waals surface area contributed by atoms with Crippen molar-refractivity contribution >= 4 is 5.97 Å². The number of hydrogen-bond donors (Lipinski definition) is 1. The summed E-state index contributed by atoms with van der Waals surface area (Å²) in [5, 5.41) is 0. The monoisotopic (exact) mass is 234 g/mol. The summed E-state index contributed by atoms with van der Waals surface area (Å²) in [4.78, 5) is 12.8. The number of likely N-dealkylation sites (tertiary alicyclic amines) is 1. The molecule has 0 aromatic carbocycles. The Morgan fingerprint density at radius 3 is 2.88 bits per heavy atom. The molecule has 6 heteroatoms. The van der Waals surface area contributed by atoms with Gasteiger partial charge in [0.15, 0.2) is 0 Å². The van der Waals surface area contributed by atoms with Crippen LogP contribution in [0, 0.1) is 0 Å². The van der Waals surface area contributed by atoms with Gasteiger partial charge in [0.25, 0.3) is 0 Å². The molecule has 0 radical (unpaired) electrons. The fourth-order valence-electron chi connectivity index (χ4n) is 2.30. The second-order valence-electron chi connectivity index (χ2n) is 4.60. The van der Waals surface area contributed by atoms with Gasteiger partial charge in [-0.2, -0.15) is 8.78 Å². The average Bonchev–Trinajstić information content (AvgIpc) is 2.40. The number of nitrogens with zero attached hydrogens (tertiary/aromatic N) is 1. The van der Waals surface area contributed by atoms with E-state index in [2.05, 4.69) is 4.74 Å². The van der Waals surface area contributed by atoms with Crippen LogP contribution in [0.3, 0.4) is 0 Å². The maximum absolute atomic E-state index is 12.9. The summed E-state index contributed by atoms with van der Waals surface area (Å²) < 4.78 is 30.4. The zero-order chi connectivity index (χ0) is 11.8. The van der Waals surface area contributed by atoms with Crippen molar-refractivity contribution < 1.29 is 18.3 Å². The minimum absolute atomic E-state index is 0.103. The van der Waals surface area contributed by atoms with Gasteiger partial charge in [0, 0.05) is 19.1 Å². The second-order valence-corrected chi connectivity index (χ2v) is 4.60. The molecule has 2 rings (SSSR count). The van der Waals surface area contributed by atoms with E-state index in [1.807, 2.05) is 4.90 Å². The molecule has 0 aliphatic carbocycles. The molecule has 2 aliphatic heterocycles. The first-order valence-electron chi connectivity index (χ1n) is 5.54. The van der Waals surface area contributed by atoms with E-state index in [4.69, 9.17) is 5.73 Å². The Labute approximate surface area is 92.7 Å². The van der Waals surface area contributed by atoms with Crippen molar-refractivity contribution in [2.24, 2.45) is 5.73 Å². The number of carbonyl (C=O) groups is 1. The van der Waals surface area contributed by atoms with Crippen LogP contribution in [0.5, 0.6) is 0 Å². The Balaban J connectivity index is 1.85. The quantitative estimate of drug-likeness (QED) is 0.701. The van der Waals surface area contributed by atoms with Crippen LogP contribution in [0.15, 0.2) is 0 Å². The molecule has 0 aromatic heterocycles. The molecule has 0 saturated carbocycles. The minimum Gasteiger partial charge on any atom is -0.456 e. The third-order valence-electron chi connectivity index (χ3n) is 3.06. The molecule has 2 aliphatic rings. The normalized spacial score (nSPS) is 35.1. The Hall–Kier alpha value is -0.750. The number of cyclic esters (lactones) is 1. The van der Waals surface area contributed by atoms with Crippen LogP contribution in [0.25, 0.3) is 0 Å². The standard InChI is InChI=1S/C10H16F2N2O2/c11-10(12)4-8(16-9(10)15)6-14-3-1-2-7(13)5-14/h7-8H,1-6,13H2/t7-,8?/m1/s1. The summed E-state index contributed by atoms with van der Waals surface area (Å²) >= 11 is 0. The smallest absolute Gasteiger partial charge is 0.377 e. The Morgan fingerprint density at radius 1 is 1.56 bits per heavy atom. The van der Waals surface area contributed by atoms with E-state index in [1.165, 1.54) is 0 Å². The van der Waals surface area contributed by atoms with Crippen molar-refractivity contribution in [3.63, 3.8) is 0 Å². The van der Waals surface area contributed by atoms with E-state index < -0.39 is 24.4 Å². The number of alkyl halides is 2. The van der Waals surface area contributed by atoms with Gasteiger partial charge in [-0.1, -0.05) is 0 Å². The number of hydrogen-bond acceptors (Lipinski definition) is 4. The highest BCUT2D eigenvalue weighted by atomic mass is 19.3. The fraction of sp³-hybridized carbons (Fsp3) is 0.900. The third-order valence-corrected chi connectivity index (χ3v) is 3.06. The van der Waals surface area contributed by atoms with Crippen LogP contribution in [0.2, 0.25) is 0 Å². The second kappa shape index (κ2) is 4.25. The predicted octanol–water partition coefficient (Wildman–Crippen LogP) is 0.360. The van der Waals surface area contributed by atoms with Gasteiger partial charge in [-0.3, -0.25) is 4.90 Å². The van der Waals surface area contributed by atoms with E-state index in [-0.39, 0.29) is 6.04 Å². The van der Waals surface area contributed by atoms with Crippen LogP contribution in [-0.4, -0.2) is 48.6 Å². The molecule has 0 amide bonds. The maximum Gasteiger partial charge on any atom is 0.377 e. The maximum atomic E-state index is 12.9. The first-order valence-corrected chi connectivity index (χ1v) is 5.54.